The van der Waals surface area contributed by atoms with Crippen molar-refractivity contribution in [2.24, 2.45) is 0 Å². The average Bonchev–Trinajstić information content (AvgIpc) is 3.81. The smallest absolute Gasteiger partial charge is 0.160 e. The molecule has 268 valence electrons. The molecule has 0 radical (unpaired) electrons. The molecule has 3 heterocycles. The fourth-order valence-corrected chi connectivity index (χ4v) is 8.65. The number of nitrogens with zero attached hydrogens (tertiary/aromatic N) is 3. The van der Waals surface area contributed by atoms with Gasteiger partial charge in [-0.2, -0.15) is 0 Å². The Labute approximate surface area is 327 Å². The second-order valence-corrected chi connectivity index (χ2v) is 14.2. The zero-order valence-corrected chi connectivity index (χ0v) is 32.7. The standard InChI is InChI=1S/C47H31N3S.2C2H6/c1-30-23-24-44-39(25-30)36-19-8-10-21-43(36)50(44)35-27-38(46-40(28-35)37-20-9-11-22-45(37)51-46)33-17-12-18-34(26-33)42-29-41(31-13-4-2-5-14-31)48-47(49-42)32-15-6-3-7-16-32;2*1-2/h2-29H,1H3;2*1-2H3. The van der Waals surface area contributed by atoms with E-state index >= 15 is 0 Å². The van der Waals surface area contributed by atoms with Crippen molar-refractivity contribution in [3.8, 4) is 50.7 Å². The van der Waals surface area contributed by atoms with E-state index in [1.54, 1.807) is 0 Å². The molecule has 0 amide bonds. The molecular weight excluding hydrogens is 687 g/mol. The number of benzene rings is 7. The highest BCUT2D eigenvalue weighted by Crippen LogP contribution is 2.44. The molecule has 0 fully saturated rings. The minimum atomic E-state index is 0.716. The summed E-state index contributed by atoms with van der Waals surface area (Å²) >= 11 is 1.86. The molecule has 0 bridgehead atoms. The maximum atomic E-state index is 5.15. The zero-order chi connectivity index (χ0) is 37.9. The molecule has 0 saturated carbocycles. The molecule has 10 aromatic rings. The van der Waals surface area contributed by atoms with Crippen molar-refractivity contribution in [3.63, 3.8) is 0 Å². The van der Waals surface area contributed by atoms with E-state index in [4.69, 9.17) is 9.97 Å². The summed E-state index contributed by atoms with van der Waals surface area (Å²) in [6, 6.07) is 60.7. The van der Waals surface area contributed by atoms with E-state index in [1.165, 1.54) is 53.1 Å². The zero-order valence-electron chi connectivity index (χ0n) is 31.9. The van der Waals surface area contributed by atoms with Gasteiger partial charge in [0.2, 0.25) is 0 Å². The normalized spacial score (nSPS) is 11.0. The monoisotopic (exact) mass is 729 g/mol. The molecule has 55 heavy (non-hydrogen) atoms. The number of hydrogen-bond donors (Lipinski definition) is 0. The number of aromatic nitrogens is 3. The van der Waals surface area contributed by atoms with Crippen LogP contribution in [0.25, 0.3) is 92.7 Å². The molecule has 4 heteroatoms. The molecule has 0 N–H and O–H groups in total. The molecule has 0 aliphatic heterocycles. The van der Waals surface area contributed by atoms with E-state index in [9.17, 15) is 0 Å². The molecule has 10 rings (SSSR count). The Morgan fingerprint density at radius 2 is 1.04 bits per heavy atom. The highest BCUT2D eigenvalue weighted by Gasteiger charge is 2.18. The fraction of sp³-hybridized carbons (Fsp3) is 0.0980. The van der Waals surface area contributed by atoms with E-state index in [2.05, 4.69) is 157 Å². The number of thiophene rings is 1. The van der Waals surface area contributed by atoms with Crippen molar-refractivity contribution in [2.45, 2.75) is 34.6 Å². The van der Waals surface area contributed by atoms with Gasteiger partial charge in [-0.25, -0.2) is 9.97 Å². The van der Waals surface area contributed by atoms with Crippen molar-refractivity contribution < 1.29 is 0 Å². The Bertz CT molecular complexity index is 2860. The summed E-state index contributed by atoms with van der Waals surface area (Å²) in [5.41, 5.74) is 12.1. The number of aryl methyl sites for hydroxylation is 1. The van der Waals surface area contributed by atoms with E-state index in [0.29, 0.717) is 5.82 Å². The number of fused-ring (bicyclic) bond motifs is 6. The van der Waals surface area contributed by atoms with E-state index in [-0.39, 0.29) is 0 Å². The second-order valence-electron chi connectivity index (χ2n) is 13.1. The molecule has 3 nitrogen and oxygen atoms in total. The van der Waals surface area contributed by atoms with E-state index in [1.807, 2.05) is 63.3 Å². The first-order chi connectivity index (χ1) is 27.2. The average molecular weight is 730 g/mol. The second kappa shape index (κ2) is 15.5. The summed E-state index contributed by atoms with van der Waals surface area (Å²) in [6.07, 6.45) is 0. The Balaban J connectivity index is 0.00000104. The van der Waals surface area contributed by atoms with Gasteiger partial charge in [0, 0.05) is 58.9 Å². The van der Waals surface area contributed by atoms with Crippen molar-refractivity contribution >= 4 is 53.3 Å². The molecule has 3 aromatic heterocycles. The molecule has 0 aliphatic rings. The summed E-state index contributed by atoms with van der Waals surface area (Å²) in [5.74, 6) is 0.716. The van der Waals surface area contributed by atoms with Crippen LogP contribution >= 0.6 is 11.3 Å². The molecule has 0 aliphatic carbocycles. The lowest BCUT2D eigenvalue weighted by Gasteiger charge is -2.14. The molecule has 7 aromatic carbocycles. The number of hydrogen-bond acceptors (Lipinski definition) is 3. The highest BCUT2D eigenvalue weighted by atomic mass is 32.1. The van der Waals surface area contributed by atoms with Crippen molar-refractivity contribution in [3.05, 3.63) is 175 Å². The summed E-state index contributed by atoms with van der Waals surface area (Å²) in [4.78, 5) is 10.2. The third-order valence-corrected chi connectivity index (χ3v) is 11.1. The van der Waals surface area contributed by atoms with E-state index in [0.717, 1.165) is 39.3 Å². The van der Waals surface area contributed by atoms with Crippen LogP contribution < -0.4 is 0 Å². The fourth-order valence-electron chi connectivity index (χ4n) is 7.43. The number of rotatable bonds is 5. The van der Waals surface area contributed by atoms with Crippen LogP contribution in [0.5, 0.6) is 0 Å². The van der Waals surface area contributed by atoms with Crippen LogP contribution in [-0.2, 0) is 0 Å². The van der Waals surface area contributed by atoms with Gasteiger partial charge in [0.1, 0.15) is 0 Å². The van der Waals surface area contributed by atoms with Gasteiger partial charge in [-0.3, -0.25) is 0 Å². The van der Waals surface area contributed by atoms with Crippen LogP contribution in [-0.4, -0.2) is 14.5 Å². The summed E-state index contributed by atoms with van der Waals surface area (Å²) in [7, 11) is 0. The van der Waals surface area contributed by atoms with Gasteiger partial charge in [-0.05, 0) is 61.0 Å². The van der Waals surface area contributed by atoms with Crippen LogP contribution in [0.4, 0.5) is 0 Å². The SMILES string of the molecule is CC.CC.Cc1ccc2c(c1)c1ccccc1n2-c1cc(-c2cccc(-c3cc(-c4ccccc4)nc(-c4ccccc4)n3)c2)c2sc3ccccc3c2c1. The first-order valence-electron chi connectivity index (χ1n) is 19.2. The predicted molar refractivity (Wildman–Crippen MR) is 238 cm³/mol. The van der Waals surface area contributed by atoms with Crippen LogP contribution in [0, 0.1) is 6.92 Å². The predicted octanol–water partition coefficient (Wildman–Crippen LogP) is 15.0. The maximum Gasteiger partial charge on any atom is 0.160 e. The highest BCUT2D eigenvalue weighted by molar-refractivity contribution is 7.26. The van der Waals surface area contributed by atoms with Gasteiger partial charge < -0.3 is 4.57 Å². The Morgan fingerprint density at radius 1 is 0.436 bits per heavy atom. The molecule has 0 spiro atoms. The molecule has 0 unspecified atom stereocenters. The van der Waals surface area contributed by atoms with E-state index < -0.39 is 0 Å². The first-order valence-corrected chi connectivity index (χ1v) is 20.1. The third-order valence-electron chi connectivity index (χ3n) is 9.85. The Hall–Kier alpha value is -6.36. The maximum absolute atomic E-state index is 5.15. The lowest BCUT2D eigenvalue weighted by molar-refractivity contribution is 1.18. The van der Waals surface area contributed by atoms with Crippen LogP contribution in [0.1, 0.15) is 33.3 Å². The van der Waals surface area contributed by atoms with Crippen LogP contribution in [0.3, 0.4) is 0 Å². The quantitative estimate of drug-likeness (QED) is 0.177. The van der Waals surface area contributed by atoms with Crippen LogP contribution in [0.15, 0.2) is 170 Å². The van der Waals surface area contributed by atoms with Gasteiger partial charge >= 0.3 is 0 Å². The van der Waals surface area contributed by atoms with Crippen molar-refractivity contribution in [2.75, 3.05) is 0 Å². The lowest BCUT2D eigenvalue weighted by Crippen LogP contribution is -1.96. The van der Waals surface area contributed by atoms with Gasteiger partial charge in [-0.1, -0.05) is 155 Å². The Kier molecular flexibility index (Phi) is 10.1. The van der Waals surface area contributed by atoms with Gasteiger partial charge in [0.25, 0.3) is 0 Å². The lowest BCUT2D eigenvalue weighted by atomic mass is 9.98. The summed E-state index contributed by atoms with van der Waals surface area (Å²) in [6.45, 7) is 10.2. The molecule has 0 saturated heterocycles. The Morgan fingerprint density at radius 3 is 1.80 bits per heavy atom. The summed E-state index contributed by atoms with van der Waals surface area (Å²) in [5, 5.41) is 5.09. The minimum absolute atomic E-state index is 0.716. The van der Waals surface area contributed by atoms with Crippen molar-refractivity contribution in [1.82, 2.24) is 14.5 Å². The van der Waals surface area contributed by atoms with Gasteiger partial charge in [-0.15, -0.1) is 11.3 Å². The van der Waals surface area contributed by atoms with Gasteiger partial charge in [0.15, 0.2) is 5.82 Å². The van der Waals surface area contributed by atoms with Crippen LogP contribution in [0.2, 0.25) is 0 Å². The molecular formula is C51H43N3S. The van der Waals surface area contributed by atoms with Gasteiger partial charge in [0.05, 0.1) is 22.4 Å². The van der Waals surface area contributed by atoms with Crippen molar-refractivity contribution in [1.29, 1.82) is 0 Å². The topological polar surface area (TPSA) is 30.7 Å². The minimum Gasteiger partial charge on any atom is -0.309 e. The largest absolute Gasteiger partial charge is 0.309 e. The molecule has 0 atom stereocenters. The first kappa shape index (κ1) is 35.7. The number of para-hydroxylation sites is 1. The third kappa shape index (κ3) is 6.60. The summed E-state index contributed by atoms with van der Waals surface area (Å²) < 4.78 is 5.01.